The molecule has 84 valence electrons. The first kappa shape index (κ1) is 12.0. The second-order valence-corrected chi connectivity index (χ2v) is 3.45. The summed E-state index contributed by atoms with van der Waals surface area (Å²) < 4.78 is 11.0. The largest absolute Gasteiger partial charge is 0.464 e. The van der Waals surface area contributed by atoms with E-state index in [-0.39, 0.29) is 0 Å². The normalized spacial score (nSPS) is 10.5. The van der Waals surface area contributed by atoms with Gasteiger partial charge in [0.2, 0.25) is 0 Å². The van der Waals surface area contributed by atoms with E-state index in [2.05, 4.69) is 11.9 Å². The molecule has 0 atom stereocenters. The molecule has 0 fully saturated rings. The minimum absolute atomic E-state index is 0.540. The van der Waals surface area contributed by atoms with Crippen LogP contribution in [0.3, 0.4) is 0 Å². The smallest absolute Gasteiger partial charge is 0.130 e. The highest BCUT2D eigenvalue weighted by molar-refractivity contribution is 5.20. The molecule has 3 heteroatoms. The summed E-state index contributed by atoms with van der Waals surface area (Å²) in [6.07, 6.45) is 2.73. The van der Waals surface area contributed by atoms with Crippen molar-refractivity contribution in [2.24, 2.45) is 0 Å². The molecule has 0 spiro atoms. The van der Waals surface area contributed by atoms with Crippen molar-refractivity contribution in [2.45, 2.75) is 26.5 Å². The lowest BCUT2D eigenvalue weighted by atomic mass is 10.2. The van der Waals surface area contributed by atoms with Crippen LogP contribution >= 0.6 is 0 Å². The van der Waals surface area contributed by atoms with Crippen molar-refractivity contribution >= 4 is 0 Å². The van der Waals surface area contributed by atoms with E-state index in [1.54, 1.807) is 0 Å². The van der Waals surface area contributed by atoms with E-state index in [0.29, 0.717) is 13.2 Å². The molecule has 0 aliphatic carbocycles. The average Bonchev–Trinajstić information content (AvgIpc) is 2.55. The summed E-state index contributed by atoms with van der Waals surface area (Å²) in [6, 6.07) is 2.04. The summed E-state index contributed by atoms with van der Waals surface area (Å²) in [5, 5.41) is 3.10. The molecular formula is C12H19NO2. The van der Waals surface area contributed by atoms with Gasteiger partial charge in [0, 0.05) is 12.1 Å². The first-order valence-corrected chi connectivity index (χ1v) is 5.19. The van der Waals surface area contributed by atoms with Crippen LogP contribution in [-0.4, -0.2) is 13.7 Å². The fraction of sp³-hybridized carbons (Fsp3) is 0.500. The lowest BCUT2D eigenvalue weighted by Crippen LogP contribution is -2.04. The van der Waals surface area contributed by atoms with E-state index in [0.717, 1.165) is 24.5 Å². The maximum absolute atomic E-state index is 5.56. The molecule has 0 unspecified atom stereocenters. The second kappa shape index (κ2) is 6.43. The van der Waals surface area contributed by atoms with Gasteiger partial charge in [0.1, 0.15) is 18.1 Å². The zero-order valence-corrected chi connectivity index (χ0v) is 9.51. The van der Waals surface area contributed by atoms with Crippen LogP contribution in [0.2, 0.25) is 0 Å². The summed E-state index contributed by atoms with van der Waals surface area (Å²) in [4.78, 5) is 0. The maximum Gasteiger partial charge on any atom is 0.130 e. The molecule has 1 aromatic heterocycles. The quantitative estimate of drug-likeness (QED) is 0.553. The molecule has 0 aliphatic rings. The highest BCUT2D eigenvalue weighted by Gasteiger charge is 2.06. The third-order valence-electron chi connectivity index (χ3n) is 2.15. The van der Waals surface area contributed by atoms with Gasteiger partial charge in [-0.3, -0.25) is 0 Å². The van der Waals surface area contributed by atoms with Crippen LogP contribution in [0.25, 0.3) is 0 Å². The third-order valence-corrected chi connectivity index (χ3v) is 2.15. The molecule has 1 N–H and O–H groups in total. The van der Waals surface area contributed by atoms with E-state index in [4.69, 9.17) is 9.15 Å². The van der Waals surface area contributed by atoms with E-state index in [1.165, 1.54) is 5.56 Å². The van der Waals surface area contributed by atoms with E-state index in [1.807, 2.05) is 26.1 Å². The van der Waals surface area contributed by atoms with Gasteiger partial charge < -0.3 is 14.5 Å². The highest BCUT2D eigenvalue weighted by atomic mass is 16.5. The lowest BCUT2D eigenvalue weighted by molar-refractivity contribution is 0.109. The van der Waals surface area contributed by atoms with E-state index >= 15 is 0 Å². The molecule has 0 aliphatic heterocycles. The number of hydrogen-bond donors (Lipinski definition) is 1. The molecule has 15 heavy (non-hydrogen) atoms. The monoisotopic (exact) mass is 209 g/mol. The molecule has 0 aromatic carbocycles. The zero-order valence-electron chi connectivity index (χ0n) is 9.51. The minimum atomic E-state index is 0.540. The molecule has 1 heterocycles. The Hall–Kier alpha value is -1.06. The topological polar surface area (TPSA) is 34.4 Å². The Labute approximate surface area is 91.1 Å². The summed E-state index contributed by atoms with van der Waals surface area (Å²) >= 11 is 0. The predicted molar refractivity (Wildman–Crippen MR) is 60.7 cm³/mol. The number of ether oxygens (including phenoxy) is 1. The zero-order chi connectivity index (χ0) is 11.1. The van der Waals surface area contributed by atoms with Crippen molar-refractivity contribution in [3.63, 3.8) is 0 Å². The predicted octanol–water partition coefficient (Wildman–Crippen LogP) is 2.40. The number of furan rings is 1. The molecule has 0 saturated heterocycles. The van der Waals surface area contributed by atoms with E-state index < -0.39 is 0 Å². The van der Waals surface area contributed by atoms with Crippen molar-refractivity contribution in [3.8, 4) is 0 Å². The number of hydrogen-bond acceptors (Lipinski definition) is 3. The van der Waals surface area contributed by atoms with Gasteiger partial charge in [0.15, 0.2) is 0 Å². The van der Waals surface area contributed by atoms with Crippen LogP contribution in [0.1, 0.15) is 23.5 Å². The average molecular weight is 209 g/mol. The van der Waals surface area contributed by atoms with Gasteiger partial charge in [-0.1, -0.05) is 6.08 Å². The van der Waals surface area contributed by atoms with E-state index in [9.17, 15) is 0 Å². The van der Waals surface area contributed by atoms with Crippen molar-refractivity contribution < 1.29 is 9.15 Å². The minimum Gasteiger partial charge on any atom is -0.464 e. The first-order valence-electron chi connectivity index (χ1n) is 5.19. The molecule has 1 rings (SSSR count). The number of nitrogens with one attached hydrogen (secondary N) is 1. The van der Waals surface area contributed by atoms with Crippen LogP contribution in [0.4, 0.5) is 0 Å². The van der Waals surface area contributed by atoms with Crippen molar-refractivity contribution in [3.05, 3.63) is 35.8 Å². The standard InChI is InChI=1S/C12H19NO2/c1-4-5-6-14-9-12-7-11(8-13-3)10(2)15-12/h4,7,13H,1,5-6,8-9H2,2-3H3. The Morgan fingerprint density at radius 3 is 3.07 bits per heavy atom. The van der Waals surface area contributed by atoms with Crippen LogP contribution in [0.15, 0.2) is 23.1 Å². The first-order chi connectivity index (χ1) is 7.27. The SMILES string of the molecule is C=CCCOCc1cc(CNC)c(C)o1. The van der Waals surface area contributed by atoms with Crippen LogP contribution in [0.5, 0.6) is 0 Å². The van der Waals surface area contributed by atoms with Gasteiger partial charge >= 0.3 is 0 Å². The Morgan fingerprint density at radius 1 is 1.60 bits per heavy atom. The Kier molecular flexibility index (Phi) is 5.15. The van der Waals surface area contributed by atoms with Crippen LogP contribution < -0.4 is 5.32 Å². The van der Waals surface area contributed by atoms with Crippen molar-refractivity contribution in [1.82, 2.24) is 5.32 Å². The van der Waals surface area contributed by atoms with Crippen molar-refractivity contribution in [1.29, 1.82) is 0 Å². The Balaban J connectivity index is 2.40. The Bertz CT molecular complexity index is 305. The van der Waals surface area contributed by atoms with Gasteiger partial charge in [-0.25, -0.2) is 0 Å². The van der Waals surface area contributed by atoms with Crippen LogP contribution in [0, 0.1) is 6.92 Å². The molecule has 0 radical (unpaired) electrons. The molecule has 3 nitrogen and oxygen atoms in total. The maximum atomic E-state index is 5.56. The summed E-state index contributed by atoms with van der Waals surface area (Å²) in [5.41, 5.74) is 1.19. The van der Waals surface area contributed by atoms with Gasteiger partial charge in [0.05, 0.1) is 6.61 Å². The number of rotatable bonds is 7. The van der Waals surface area contributed by atoms with Gasteiger partial charge in [0.25, 0.3) is 0 Å². The number of aryl methyl sites for hydroxylation is 1. The lowest BCUT2D eigenvalue weighted by Gasteiger charge is -1.98. The molecule has 1 aromatic rings. The highest BCUT2D eigenvalue weighted by Crippen LogP contribution is 2.15. The van der Waals surface area contributed by atoms with Gasteiger partial charge in [-0.05, 0) is 26.5 Å². The fourth-order valence-corrected chi connectivity index (χ4v) is 1.36. The third kappa shape index (κ3) is 3.90. The summed E-state index contributed by atoms with van der Waals surface area (Å²) in [6.45, 7) is 7.68. The van der Waals surface area contributed by atoms with Gasteiger partial charge in [-0.15, -0.1) is 6.58 Å². The summed E-state index contributed by atoms with van der Waals surface area (Å²) in [7, 11) is 1.92. The second-order valence-electron chi connectivity index (χ2n) is 3.45. The molecular weight excluding hydrogens is 190 g/mol. The Morgan fingerprint density at radius 2 is 2.40 bits per heavy atom. The molecule has 0 saturated carbocycles. The van der Waals surface area contributed by atoms with Gasteiger partial charge in [-0.2, -0.15) is 0 Å². The van der Waals surface area contributed by atoms with Crippen LogP contribution in [-0.2, 0) is 17.9 Å². The van der Waals surface area contributed by atoms with Crippen molar-refractivity contribution in [2.75, 3.05) is 13.7 Å². The molecule has 0 amide bonds. The molecule has 0 bridgehead atoms. The fourth-order valence-electron chi connectivity index (χ4n) is 1.36. The summed E-state index contributed by atoms with van der Waals surface area (Å²) in [5.74, 6) is 1.86.